The van der Waals surface area contributed by atoms with Crippen LogP contribution in [-0.2, 0) is 23.8 Å². The number of hydrogen-bond acceptors (Lipinski definition) is 6. The SMILES string of the molecule is COC(=O)c1ccccc1N(CCC(=O)N1CCC2(CC1)OCCO2)C(C)=O. The van der Waals surface area contributed by atoms with E-state index in [4.69, 9.17) is 14.2 Å². The van der Waals surface area contributed by atoms with E-state index < -0.39 is 11.8 Å². The van der Waals surface area contributed by atoms with Crippen LogP contribution in [0.1, 0.15) is 36.5 Å². The van der Waals surface area contributed by atoms with Crippen LogP contribution in [0.5, 0.6) is 0 Å². The molecule has 2 aliphatic heterocycles. The normalized spacial score (nSPS) is 18.1. The Bertz CT molecular complexity index is 734. The molecule has 1 spiro atoms. The van der Waals surface area contributed by atoms with E-state index >= 15 is 0 Å². The molecule has 0 aromatic heterocycles. The molecule has 0 saturated carbocycles. The molecule has 0 atom stereocenters. The Morgan fingerprint density at radius 2 is 1.79 bits per heavy atom. The number of para-hydroxylation sites is 1. The number of hydrogen-bond donors (Lipinski definition) is 0. The molecule has 0 N–H and O–H groups in total. The zero-order chi connectivity index (χ0) is 20.1. The van der Waals surface area contributed by atoms with Gasteiger partial charge in [0.25, 0.3) is 0 Å². The Hall–Kier alpha value is -2.45. The second kappa shape index (κ2) is 8.70. The number of carbonyl (C=O) groups is 3. The minimum absolute atomic E-state index is 0.0327. The fourth-order valence-corrected chi connectivity index (χ4v) is 3.69. The number of methoxy groups -OCH3 is 1. The molecular formula is C20H26N2O6. The molecule has 0 unspecified atom stereocenters. The molecule has 2 aliphatic rings. The highest BCUT2D eigenvalue weighted by atomic mass is 16.7. The number of amides is 2. The molecule has 1 aromatic rings. The molecule has 0 aliphatic carbocycles. The summed E-state index contributed by atoms with van der Waals surface area (Å²) < 4.78 is 16.2. The van der Waals surface area contributed by atoms with Gasteiger partial charge in [0.1, 0.15) is 0 Å². The summed E-state index contributed by atoms with van der Waals surface area (Å²) in [5, 5.41) is 0. The Morgan fingerprint density at radius 3 is 2.39 bits per heavy atom. The van der Waals surface area contributed by atoms with E-state index in [0.717, 1.165) is 0 Å². The standard InChI is InChI=1S/C20H26N2O6/c1-15(23)22(17-6-4-3-5-16(17)19(25)26-2)10-7-18(24)21-11-8-20(9-12-21)27-13-14-28-20/h3-6H,7-14H2,1-2H3. The van der Waals surface area contributed by atoms with Gasteiger partial charge in [-0.05, 0) is 12.1 Å². The summed E-state index contributed by atoms with van der Waals surface area (Å²) >= 11 is 0. The zero-order valence-corrected chi connectivity index (χ0v) is 16.3. The summed E-state index contributed by atoms with van der Waals surface area (Å²) in [7, 11) is 1.29. The lowest BCUT2D eigenvalue weighted by Crippen LogP contribution is -2.48. The van der Waals surface area contributed by atoms with E-state index in [2.05, 4.69) is 0 Å². The zero-order valence-electron chi connectivity index (χ0n) is 16.3. The second-order valence-corrected chi connectivity index (χ2v) is 6.92. The highest BCUT2D eigenvalue weighted by molar-refractivity contribution is 6.02. The predicted octanol–water partition coefficient (Wildman–Crippen LogP) is 1.58. The lowest BCUT2D eigenvalue weighted by atomic mass is 10.0. The van der Waals surface area contributed by atoms with Crippen LogP contribution in [0.15, 0.2) is 24.3 Å². The third-order valence-corrected chi connectivity index (χ3v) is 5.22. The van der Waals surface area contributed by atoms with Gasteiger partial charge in [-0.25, -0.2) is 4.79 Å². The van der Waals surface area contributed by atoms with E-state index in [9.17, 15) is 14.4 Å². The molecule has 28 heavy (non-hydrogen) atoms. The topological polar surface area (TPSA) is 85.4 Å². The van der Waals surface area contributed by atoms with Gasteiger partial charge in [0.2, 0.25) is 11.8 Å². The van der Waals surface area contributed by atoms with E-state index in [1.165, 1.54) is 18.9 Å². The first-order chi connectivity index (χ1) is 13.5. The third kappa shape index (κ3) is 4.34. The number of ether oxygens (including phenoxy) is 3. The van der Waals surface area contributed by atoms with Gasteiger partial charge in [0.15, 0.2) is 5.79 Å². The average Bonchev–Trinajstić information content (AvgIpc) is 3.16. The van der Waals surface area contributed by atoms with Gasteiger partial charge in [0.05, 0.1) is 31.6 Å². The van der Waals surface area contributed by atoms with Crippen molar-refractivity contribution >= 4 is 23.5 Å². The second-order valence-electron chi connectivity index (χ2n) is 6.92. The first-order valence-electron chi connectivity index (χ1n) is 9.47. The number of rotatable bonds is 5. The van der Waals surface area contributed by atoms with Crippen LogP contribution < -0.4 is 4.90 Å². The number of nitrogens with zero attached hydrogens (tertiary/aromatic N) is 2. The maximum atomic E-state index is 12.6. The Balaban J connectivity index is 1.62. The van der Waals surface area contributed by atoms with Crippen LogP contribution in [0.25, 0.3) is 0 Å². The van der Waals surface area contributed by atoms with Crippen molar-refractivity contribution in [3.63, 3.8) is 0 Å². The van der Waals surface area contributed by atoms with Crippen molar-refractivity contribution in [1.29, 1.82) is 0 Å². The van der Waals surface area contributed by atoms with Gasteiger partial charge >= 0.3 is 5.97 Å². The highest BCUT2D eigenvalue weighted by Crippen LogP contribution is 2.31. The fourth-order valence-electron chi connectivity index (χ4n) is 3.69. The highest BCUT2D eigenvalue weighted by Gasteiger charge is 2.40. The van der Waals surface area contributed by atoms with Crippen molar-refractivity contribution in [3.8, 4) is 0 Å². The minimum Gasteiger partial charge on any atom is -0.465 e. The number of benzene rings is 1. The molecule has 2 amide bonds. The number of anilines is 1. The number of piperidine rings is 1. The van der Waals surface area contributed by atoms with E-state index in [1.807, 2.05) is 0 Å². The van der Waals surface area contributed by atoms with Crippen LogP contribution in [0, 0.1) is 0 Å². The molecule has 0 bridgehead atoms. The van der Waals surface area contributed by atoms with Gasteiger partial charge in [0, 0.05) is 45.8 Å². The Morgan fingerprint density at radius 1 is 1.14 bits per heavy atom. The summed E-state index contributed by atoms with van der Waals surface area (Å²) in [6.45, 7) is 3.94. The van der Waals surface area contributed by atoms with Gasteiger partial charge < -0.3 is 24.0 Å². The van der Waals surface area contributed by atoms with Crippen molar-refractivity contribution in [2.75, 3.05) is 44.9 Å². The smallest absolute Gasteiger partial charge is 0.339 e. The third-order valence-electron chi connectivity index (χ3n) is 5.22. The molecule has 2 saturated heterocycles. The number of likely N-dealkylation sites (tertiary alicyclic amines) is 1. The first kappa shape index (κ1) is 20.3. The summed E-state index contributed by atoms with van der Waals surface area (Å²) in [4.78, 5) is 40.1. The van der Waals surface area contributed by atoms with Crippen molar-refractivity contribution in [2.24, 2.45) is 0 Å². The van der Waals surface area contributed by atoms with Gasteiger partial charge in [-0.3, -0.25) is 9.59 Å². The van der Waals surface area contributed by atoms with Gasteiger partial charge in [-0.15, -0.1) is 0 Å². The first-order valence-corrected chi connectivity index (χ1v) is 9.47. The maximum Gasteiger partial charge on any atom is 0.339 e. The van der Waals surface area contributed by atoms with Crippen molar-refractivity contribution in [2.45, 2.75) is 32.0 Å². The largest absolute Gasteiger partial charge is 0.465 e. The summed E-state index contributed by atoms with van der Waals surface area (Å²) in [6.07, 6.45) is 1.48. The molecule has 8 heteroatoms. The molecule has 3 rings (SSSR count). The van der Waals surface area contributed by atoms with Crippen LogP contribution in [0.3, 0.4) is 0 Å². The number of esters is 1. The minimum atomic E-state index is -0.526. The van der Waals surface area contributed by atoms with Crippen molar-refractivity contribution in [1.82, 2.24) is 4.90 Å². The predicted molar refractivity (Wildman–Crippen MR) is 101 cm³/mol. The average molecular weight is 390 g/mol. The Kier molecular flexibility index (Phi) is 6.31. The molecule has 8 nitrogen and oxygen atoms in total. The van der Waals surface area contributed by atoms with Crippen molar-refractivity contribution < 1.29 is 28.6 Å². The molecule has 152 valence electrons. The molecule has 1 aromatic carbocycles. The Labute approximate surface area is 164 Å². The van der Waals surface area contributed by atoms with E-state index in [-0.39, 0.29) is 24.8 Å². The summed E-state index contributed by atoms with van der Waals surface area (Å²) in [5.41, 5.74) is 0.739. The fraction of sp³-hybridized carbons (Fsp3) is 0.550. The quantitative estimate of drug-likeness (QED) is 0.710. The van der Waals surface area contributed by atoms with E-state index in [0.29, 0.717) is 50.4 Å². The molecule has 0 radical (unpaired) electrons. The van der Waals surface area contributed by atoms with Gasteiger partial charge in [-0.1, -0.05) is 12.1 Å². The van der Waals surface area contributed by atoms with E-state index in [1.54, 1.807) is 29.2 Å². The lowest BCUT2D eigenvalue weighted by molar-refractivity contribution is -0.187. The molecular weight excluding hydrogens is 364 g/mol. The lowest BCUT2D eigenvalue weighted by Gasteiger charge is -2.37. The van der Waals surface area contributed by atoms with Gasteiger partial charge in [-0.2, -0.15) is 0 Å². The number of carbonyl (C=O) groups excluding carboxylic acids is 3. The van der Waals surface area contributed by atoms with Crippen LogP contribution in [0.4, 0.5) is 5.69 Å². The molecule has 2 fully saturated rings. The summed E-state index contributed by atoms with van der Waals surface area (Å²) in [6, 6.07) is 6.73. The molecule has 2 heterocycles. The van der Waals surface area contributed by atoms with Crippen LogP contribution >= 0.6 is 0 Å². The van der Waals surface area contributed by atoms with Crippen LogP contribution in [-0.4, -0.2) is 68.4 Å². The maximum absolute atomic E-state index is 12.6. The summed E-state index contributed by atoms with van der Waals surface area (Å²) in [5.74, 6) is -1.32. The monoisotopic (exact) mass is 390 g/mol. The van der Waals surface area contributed by atoms with Crippen molar-refractivity contribution in [3.05, 3.63) is 29.8 Å². The van der Waals surface area contributed by atoms with Crippen LogP contribution in [0.2, 0.25) is 0 Å².